The van der Waals surface area contributed by atoms with Crippen molar-refractivity contribution >= 4 is 17.3 Å². The SMILES string of the molecule is CCOc1ccc(C(Cl)CN2c3ccccc3CC2C)cc1. The van der Waals surface area contributed by atoms with E-state index in [0.29, 0.717) is 12.6 Å². The van der Waals surface area contributed by atoms with Crippen molar-refractivity contribution in [3.63, 3.8) is 0 Å². The number of nitrogens with zero attached hydrogens (tertiary/aromatic N) is 1. The van der Waals surface area contributed by atoms with Gasteiger partial charge in [0.25, 0.3) is 0 Å². The highest BCUT2D eigenvalue weighted by atomic mass is 35.5. The fraction of sp³-hybridized carbons (Fsp3) is 0.368. The van der Waals surface area contributed by atoms with Gasteiger partial charge < -0.3 is 9.64 Å². The lowest BCUT2D eigenvalue weighted by Crippen LogP contribution is -2.32. The van der Waals surface area contributed by atoms with Crippen molar-refractivity contribution in [1.82, 2.24) is 0 Å². The smallest absolute Gasteiger partial charge is 0.119 e. The maximum absolute atomic E-state index is 6.66. The fourth-order valence-corrected chi connectivity index (χ4v) is 3.42. The Bertz CT molecular complexity index is 626. The van der Waals surface area contributed by atoms with E-state index in [2.05, 4.69) is 48.2 Å². The Morgan fingerprint density at radius 3 is 2.64 bits per heavy atom. The molecule has 0 amide bonds. The summed E-state index contributed by atoms with van der Waals surface area (Å²) in [6, 6.07) is 17.2. The lowest BCUT2D eigenvalue weighted by Gasteiger charge is -2.27. The molecule has 0 spiro atoms. The lowest BCUT2D eigenvalue weighted by molar-refractivity contribution is 0.340. The molecular weight excluding hydrogens is 294 g/mol. The van der Waals surface area contributed by atoms with Gasteiger partial charge in [0.05, 0.1) is 12.0 Å². The minimum absolute atomic E-state index is 0.0238. The summed E-state index contributed by atoms with van der Waals surface area (Å²) in [6.07, 6.45) is 1.10. The highest BCUT2D eigenvalue weighted by Crippen LogP contribution is 2.35. The second kappa shape index (κ2) is 6.62. The van der Waals surface area contributed by atoms with Crippen molar-refractivity contribution in [2.75, 3.05) is 18.1 Å². The van der Waals surface area contributed by atoms with E-state index in [0.717, 1.165) is 24.3 Å². The van der Waals surface area contributed by atoms with E-state index in [4.69, 9.17) is 16.3 Å². The third-order valence-electron chi connectivity index (χ3n) is 4.26. The molecule has 22 heavy (non-hydrogen) atoms. The van der Waals surface area contributed by atoms with Crippen LogP contribution in [0, 0.1) is 0 Å². The van der Waals surface area contributed by atoms with Crippen molar-refractivity contribution in [2.45, 2.75) is 31.7 Å². The van der Waals surface area contributed by atoms with Crippen LogP contribution in [0.3, 0.4) is 0 Å². The van der Waals surface area contributed by atoms with E-state index in [-0.39, 0.29) is 5.38 Å². The van der Waals surface area contributed by atoms with Gasteiger partial charge in [-0.05, 0) is 49.6 Å². The average Bonchev–Trinajstić information content (AvgIpc) is 2.84. The summed E-state index contributed by atoms with van der Waals surface area (Å²) in [5.74, 6) is 0.898. The third-order valence-corrected chi connectivity index (χ3v) is 4.65. The van der Waals surface area contributed by atoms with E-state index < -0.39 is 0 Å². The molecule has 1 heterocycles. The minimum atomic E-state index is -0.0238. The number of fused-ring (bicyclic) bond motifs is 1. The van der Waals surface area contributed by atoms with Gasteiger partial charge in [-0.25, -0.2) is 0 Å². The molecule has 0 aromatic heterocycles. The minimum Gasteiger partial charge on any atom is -0.494 e. The van der Waals surface area contributed by atoms with Gasteiger partial charge in [0.1, 0.15) is 5.75 Å². The van der Waals surface area contributed by atoms with Gasteiger partial charge in [-0.1, -0.05) is 30.3 Å². The second-order valence-corrected chi connectivity index (χ2v) is 6.33. The summed E-state index contributed by atoms with van der Waals surface area (Å²) < 4.78 is 5.48. The topological polar surface area (TPSA) is 12.5 Å². The predicted molar refractivity (Wildman–Crippen MR) is 93.2 cm³/mol. The molecule has 0 N–H and O–H groups in total. The van der Waals surface area contributed by atoms with Crippen LogP contribution in [0.25, 0.3) is 0 Å². The zero-order valence-electron chi connectivity index (χ0n) is 13.1. The van der Waals surface area contributed by atoms with Gasteiger partial charge >= 0.3 is 0 Å². The van der Waals surface area contributed by atoms with Crippen LogP contribution >= 0.6 is 11.6 Å². The van der Waals surface area contributed by atoms with Gasteiger partial charge in [-0.3, -0.25) is 0 Å². The van der Waals surface area contributed by atoms with E-state index in [1.165, 1.54) is 11.3 Å². The number of benzene rings is 2. The Balaban J connectivity index is 1.72. The number of hydrogen-bond donors (Lipinski definition) is 0. The number of para-hydroxylation sites is 1. The normalized spacial score (nSPS) is 18.1. The van der Waals surface area contributed by atoms with Crippen molar-refractivity contribution < 1.29 is 4.74 Å². The molecule has 116 valence electrons. The molecule has 1 aliphatic rings. The Kier molecular flexibility index (Phi) is 4.58. The molecule has 2 nitrogen and oxygen atoms in total. The summed E-state index contributed by atoms with van der Waals surface area (Å²) in [5.41, 5.74) is 3.89. The number of ether oxygens (including phenoxy) is 1. The first kappa shape index (κ1) is 15.2. The van der Waals surface area contributed by atoms with Crippen LogP contribution in [0.5, 0.6) is 5.75 Å². The van der Waals surface area contributed by atoms with E-state index >= 15 is 0 Å². The van der Waals surface area contributed by atoms with E-state index in [1.54, 1.807) is 0 Å². The van der Waals surface area contributed by atoms with Crippen molar-refractivity contribution in [3.8, 4) is 5.75 Å². The first-order chi connectivity index (χ1) is 10.7. The third kappa shape index (κ3) is 3.07. The largest absolute Gasteiger partial charge is 0.494 e. The van der Waals surface area contributed by atoms with Gasteiger partial charge in [0.15, 0.2) is 0 Å². The molecule has 0 radical (unpaired) electrons. The van der Waals surface area contributed by atoms with Crippen LogP contribution in [-0.4, -0.2) is 19.2 Å². The lowest BCUT2D eigenvalue weighted by atomic mass is 10.1. The van der Waals surface area contributed by atoms with Crippen LogP contribution in [0.1, 0.15) is 30.4 Å². The zero-order chi connectivity index (χ0) is 15.5. The molecule has 2 unspecified atom stereocenters. The van der Waals surface area contributed by atoms with Crippen LogP contribution in [0.2, 0.25) is 0 Å². The van der Waals surface area contributed by atoms with Crippen molar-refractivity contribution in [1.29, 1.82) is 0 Å². The standard InChI is InChI=1S/C19H22ClNO/c1-3-22-17-10-8-15(9-11-17)18(20)13-21-14(2)12-16-6-4-5-7-19(16)21/h4-11,14,18H,3,12-13H2,1-2H3. The average molecular weight is 316 g/mol. The monoisotopic (exact) mass is 315 g/mol. The molecule has 0 fully saturated rings. The number of anilines is 1. The maximum atomic E-state index is 6.66. The molecule has 2 atom stereocenters. The highest BCUT2D eigenvalue weighted by Gasteiger charge is 2.27. The molecule has 0 saturated carbocycles. The van der Waals surface area contributed by atoms with Crippen molar-refractivity contribution in [3.05, 3.63) is 59.7 Å². The number of alkyl halides is 1. The molecule has 0 saturated heterocycles. The Hall–Kier alpha value is -1.67. The first-order valence-electron chi connectivity index (χ1n) is 7.90. The second-order valence-electron chi connectivity index (χ2n) is 5.80. The molecule has 3 rings (SSSR count). The van der Waals surface area contributed by atoms with E-state index in [9.17, 15) is 0 Å². The Morgan fingerprint density at radius 1 is 1.18 bits per heavy atom. The number of hydrogen-bond acceptors (Lipinski definition) is 2. The van der Waals surface area contributed by atoms with Crippen LogP contribution in [-0.2, 0) is 6.42 Å². The highest BCUT2D eigenvalue weighted by molar-refractivity contribution is 6.21. The fourth-order valence-electron chi connectivity index (χ4n) is 3.13. The quantitative estimate of drug-likeness (QED) is 0.734. The number of rotatable bonds is 5. The van der Waals surface area contributed by atoms with Crippen LogP contribution in [0.4, 0.5) is 5.69 Å². The molecule has 0 aliphatic carbocycles. The zero-order valence-corrected chi connectivity index (χ0v) is 13.9. The molecule has 0 bridgehead atoms. The summed E-state index contributed by atoms with van der Waals surface area (Å²) in [4.78, 5) is 2.42. The molecule has 2 aromatic rings. The van der Waals surface area contributed by atoms with Gasteiger partial charge in [-0.2, -0.15) is 0 Å². The van der Waals surface area contributed by atoms with Crippen LogP contribution < -0.4 is 9.64 Å². The summed E-state index contributed by atoms with van der Waals surface area (Å²) >= 11 is 6.66. The molecule has 2 aromatic carbocycles. The summed E-state index contributed by atoms with van der Waals surface area (Å²) in [6.45, 7) is 5.77. The van der Waals surface area contributed by atoms with Crippen LogP contribution in [0.15, 0.2) is 48.5 Å². The predicted octanol–water partition coefficient (Wildman–Crippen LogP) is 4.82. The number of halogens is 1. The van der Waals surface area contributed by atoms with Gasteiger partial charge in [-0.15, -0.1) is 11.6 Å². The Morgan fingerprint density at radius 2 is 1.91 bits per heavy atom. The summed E-state index contributed by atoms with van der Waals surface area (Å²) in [5, 5.41) is -0.0238. The molecule has 3 heteroatoms. The maximum Gasteiger partial charge on any atom is 0.119 e. The van der Waals surface area contributed by atoms with Gasteiger partial charge in [0, 0.05) is 18.3 Å². The van der Waals surface area contributed by atoms with E-state index in [1.807, 2.05) is 19.1 Å². The Labute approximate surface area is 137 Å². The van der Waals surface area contributed by atoms with Crippen molar-refractivity contribution in [2.24, 2.45) is 0 Å². The molecule has 1 aliphatic heterocycles. The summed E-state index contributed by atoms with van der Waals surface area (Å²) in [7, 11) is 0. The first-order valence-corrected chi connectivity index (χ1v) is 8.34. The van der Waals surface area contributed by atoms with Gasteiger partial charge in [0.2, 0.25) is 0 Å². The molecular formula is C19H22ClNO.